The highest BCUT2D eigenvalue weighted by atomic mass is 35.5. The lowest BCUT2D eigenvalue weighted by atomic mass is 10.2. The van der Waals surface area contributed by atoms with Crippen LogP contribution in [0, 0.1) is 6.92 Å². The molecule has 3 aromatic heterocycles. The molecule has 7 heteroatoms. The average Bonchev–Trinajstić information content (AvgIpc) is 2.95. The molecule has 1 aromatic carbocycles. The van der Waals surface area contributed by atoms with Gasteiger partial charge in [0.2, 0.25) is 0 Å². The molecule has 4 rings (SSSR count). The highest BCUT2D eigenvalue weighted by molar-refractivity contribution is 6.38. The van der Waals surface area contributed by atoms with E-state index in [1.807, 2.05) is 35.9 Å². The van der Waals surface area contributed by atoms with Crippen molar-refractivity contribution >= 4 is 39.8 Å². The molecule has 0 fully saturated rings. The Balaban J connectivity index is 1.83. The molecule has 24 heavy (non-hydrogen) atoms. The van der Waals surface area contributed by atoms with Gasteiger partial charge >= 0.3 is 0 Å². The van der Waals surface area contributed by atoms with Crippen molar-refractivity contribution in [3.05, 3.63) is 74.6 Å². The SMILES string of the molecule is Cc1cccn2cc(Cn3cnc4c(Cl)cc(Cl)cc4c3=O)nc12. The van der Waals surface area contributed by atoms with Crippen molar-refractivity contribution < 1.29 is 0 Å². The minimum Gasteiger partial charge on any atom is -0.307 e. The Morgan fingerprint density at radius 3 is 2.88 bits per heavy atom. The molecule has 0 spiro atoms. The second-order valence-corrected chi connectivity index (χ2v) is 6.46. The van der Waals surface area contributed by atoms with Crippen molar-refractivity contribution in [2.75, 3.05) is 0 Å². The fourth-order valence-electron chi connectivity index (χ4n) is 2.76. The molecule has 0 unspecified atom stereocenters. The van der Waals surface area contributed by atoms with E-state index in [0.717, 1.165) is 16.9 Å². The molecule has 0 aliphatic rings. The van der Waals surface area contributed by atoms with Crippen molar-refractivity contribution in [3.8, 4) is 0 Å². The minimum atomic E-state index is -0.196. The number of benzene rings is 1. The zero-order valence-electron chi connectivity index (χ0n) is 12.7. The lowest BCUT2D eigenvalue weighted by molar-refractivity contribution is 0.734. The van der Waals surface area contributed by atoms with Gasteiger partial charge in [-0.05, 0) is 30.7 Å². The van der Waals surface area contributed by atoms with Crippen LogP contribution in [0.4, 0.5) is 0 Å². The van der Waals surface area contributed by atoms with Gasteiger partial charge in [0.15, 0.2) is 0 Å². The smallest absolute Gasteiger partial charge is 0.261 e. The Bertz CT molecular complexity index is 1150. The fraction of sp³-hybridized carbons (Fsp3) is 0.118. The number of pyridine rings is 1. The van der Waals surface area contributed by atoms with E-state index in [1.165, 1.54) is 10.9 Å². The van der Waals surface area contributed by atoms with E-state index in [2.05, 4.69) is 9.97 Å². The fourth-order valence-corrected chi connectivity index (χ4v) is 3.30. The van der Waals surface area contributed by atoms with E-state index < -0.39 is 0 Å². The van der Waals surface area contributed by atoms with Crippen LogP contribution in [0.3, 0.4) is 0 Å². The number of hydrogen-bond donors (Lipinski definition) is 0. The van der Waals surface area contributed by atoms with Gasteiger partial charge in [0.05, 0.1) is 34.5 Å². The highest BCUT2D eigenvalue weighted by Crippen LogP contribution is 2.24. The van der Waals surface area contributed by atoms with Crippen LogP contribution in [0.1, 0.15) is 11.3 Å². The molecule has 0 aliphatic carbocycles. The van der Waals surface area contributed by atoms with Crippen molar-refractivity contribution in [1.82, 2.24) is 18.9 Å². The third-order valence-electron chi connectivity index (χ3n) is 3.91. The van der Waals surface area contributed by atoms with Gasteiger partial charge in [0, 0.05) is 17.4 Å². The van der Waals surface area contributed by atoms with E-state index in [1.54, 1.807) is 12.1 Å². The molecule has 4 aromatic rings. The molecule has 0 bridgehead atoms. The predicted molar refractivity (Wildman–Crippen MR) is 95.1 cm³/mol. The zero-order valence-corrected chi connectivity index (χ0v) is 14.2. The number of imidazole rings is 1. The lowest BCUT2D eigenvalue weighted by Gasteiger charge is -2.06. The van der Waals surface area contributed by atoms with E-state index >= 15 is 0 Å². The molecule has 0 saturated heterocycles. The Kier molecular flexibility index (Phi) is 3.55. The molecular formula is C17H12Cl2N4O. The van der Waals surface area contributed by atoms with Crippen LogP contribution in [-0.4, -0.2) is 18.9 Å². The van der Waals surface area contributed by atoms with Gasteiger partial charge in [-0.25, -0.2) is 9.97 Å². The summed E-state index contributed by atoms with van der Waals surface area (Å²) in [5.41, 5.74) is 2.98. The number of halogens is 2. The third kappa shape index (κ3) is 2.46. The maximum Gasteiger partial charge on any atom is 0.261 e. The van der Waals surface area contributed by atoms with Gasteiger partial charge in [-0.1, -0.05) is 29.3 Å². The van der Waals surface area contributed by atoms with Gasteiger partial charge in [-0.2, -0.15) is 0 Å². The normalized spacial score (nSPS) is 11.5. The predicted octanol–water partition coefficient (Wildman–Crippen LogP) is 3.71. The van der Waals surface area contributed by atoms with Crippen LogP contribution in [0.15, 0.2) is 47.8 Å². The number of aryl methyl sites for hydroxylation is 1. The standard InChI is InChI=1S/C17H12Cl2N4O/c1-10-3-2-4-22-7-12(21-16(10)22)8-23-9-20-15-13(17(23)24)5-11(18)6-14(15)19/h2-7,9H,8H2,1H3. The van der Waals surface area contributed by atoms with E-state index in [9.17, 15) is 4.79 Å². The second kappa shape index (κ2) is 5.61. The number of rotatable bonds is 2. The van der Waals surface area contributed by atoms with Crippen LogP contribution in [0.25, 0.3) is 16.6 Å². The first kappa shape index (κ1) is 15.2. The first-order chi connectivity index (χ1) is 11.5. The Labute approximate surface area is 147 Å². The lowest BCUT2D eigenvalue weighted by Crippen LogP contribution is -2.21. The van der Waals surface area contributed by atoms with Crippen molar-refractivity contribution in [1.29, 1.82) is 0 Å². The van der Waals surface area contributed by atoms with Gasteiger partial charge < -0.3 is 4.40 Å². The summed E-state index contributed by atoms with van der Waals surface area (Å²) in [7, 11) is 0. The van der Waals surface area contributed by atoms with Gasteiger partial charge in [0.1, 0.15) is 5.65 Å². The van der Waals surface area contributed by atoms with Crippen molar-refractivity contribution in [3.63, 3.8) is 0 Å². The van der Waals surface area contributed by atoms with E-state index in [-0.39, 0.29) is 5.56 Å². The number of hydrogen-bond acceptors (Lipinski definition) is 3. The van der Waals surface area contributed by atoms with Crippen LogP contribution >= 0.6 is 23.2 Å². The Hall–Kier alpha value is -2.37. The molecule has 5 nitrogen and oxygen atoms in total. The Morgan fingerprint density at radius 2 is 2.08 bits per heavy atom. The second-order valence-electron chi connectivity index (χ2n) is 5.62. The summed E-state index contributed by atoms with van der Waals surface area (Å²) in [6, 6.07) is 7.12. The minimum absolute atomic E-state index is 0.196. The molecular weight excluding hydrogens is 347 g/mol. The quantitative estimate of drug-likeness (QED) is 0.548. The van der Waals surface area contributed by atoms with Crippen LogP contribution in [-0.2, 0) is 6.54 Å². The maximum atomic E-state index is 12.7. The summed E-state index contributed by atoms with van der Waals surface area (Å²) < 4.78 is 3.45. The topological polar surface area (TPSA) is 52.2 Å². The molecule has 0 aliphatic heterocycles. The monoisotopic (exact) mass is 358 g/mol. The summed E-state index contributed by atoms with van der Waals surface area (Å²) in [4.78, 5) is 21.6. The summed E-state index contributed by atoms with van der Waals surface area (Å²) in [5, 5.41) is 1.17. The highest BCUT2D eigenvalue weighted by Gasteiger charge is 2.11. The molecule has 0 amide bonds. The average molecular weight is 359 g/mol. The van der Waals surface area contributed by atoms with Crippen LogP contribution in [0.2, 0.25) is 10.0 Å². The van der Waals surface area contributed by atoms with E-state index in [4.69, 9.17) is 23.2 Å². The number of nitrogens with zero attached hydrogens (tertiary/aromatic N) is 4. The number of aromatic nitrogens is 4. The molecule has 0 atom stereocenters. The summed E-state index contributed by atoms with van der Waals surface area (Å²) >= 11 is 12.1. The summed E-state index contributed by atoms with van der Waals surface area (Å²) in [6.45, 7) is 2.33. The van der Waals surface area contributed by atoms with Crippen LogP contribution in [0.5, 0.6) is 0 Å². The van der Waals surface area contributed by atoms with Gasteiger partial charge in [0.25, 0.3) is 5.56 Å². The third-order valence-corrected chi connectivity index (χ3v) is 4.41. The Morgan fingerprint density at radius 1 is 1.25 bits per heavy atom. The van der Waals surface area contributed by atoms with Crippen molar-refractivity contribution in [2.45, 2.75) is 13.5 Å². The van der Waals surface area contributed by atoms with Gasteiger partial charge in [-0.3, -0.25) is 9.36 Å². The molecule has 0 saturated carbocycles. The molecule has 0 radical (unpaired) electrons. The summed E-state index contributed by atoms with van der Waals surface area (Å²) in [6.07, 6.45) is 5.32. The zero-order chi connectivity index (χ0) is 16.8. The summed E-state index contributed by atoms with van der Waals surface area (Å²) in [5.74, 6) is 0. The largest absolute Gasteiger partial charge is 0.307 e. The van der Waals surface area contributed by atoms with Gasteiger partial charge in [-0.15, -0.1) is 0 Å². The molecule has 0 N–H and O–H groups in total. The first-order valence-electron chi connectivity index (χ1n) is 7.30. The van der Waals surface area contributed by atoms with Crippen molar-refractivity contribution in [2.24, 2.45) is 0 Å². The first-order valence-corrected chi connectivity index (χ1v) is 8.06. The van der Waals surface area contributed by atoms with E-state index in [0.29, 0.717) is 27.5 Å². The van der Waals surface area contributed by atoms with Crippen LogP contribution < -0.4 is 5.56 Å². The number of fused-ring (bicyclic) bond motifs is 2. The molecule has 3 heterocycles. The maximum absolute atomic E-state index is 12.7. The molecule has 120 valence electrons.